The van der Waals surface area contributed by atoms with Crippen LogP contribution in [-0.2, 0) is 6.42 Å². The summed E-state index contributed by atoms with van der Waals surface area (Å²) in [5.41, 5.74) is 1.75. The van der Waals surface area contributed by atoms with Gasteiger partial charge < -0.3 is 27.5 Å². The van der Waals surface area contributed by atoms with E-state index < -0.39 is 45.5 Å². The molecule has 0 aliphatic carbocycles. The van der Waals surface area contributed by atoms with E-state index in [1.807, 2.05) is 30.3 Å². The van der Waals surface area contributed by atoms with Crippen molar-refractivity contribution in [3.63, 3.8) is 0 Å². The Morgan fingerprint density at radius 1 is 0.551 bits per heavy atom. The number of ether oxygens (including phenoxy) is 1. The van der Waals surface area contributed by atoms with Crippen molar-refractivity contribution in [3.8, 4) is 28.7 Å². The maximum absolute atomic E-state index is 11.8. The highest BCUT2D eigenvalue weighted by atomic mass is 28.4. The molecule has 0 amide bonds. The molecule has 2 aromatic rings. The molecule has 1 N–H and O–H groups in total. The number of fused-ring (bicyclic) bond motifs is 1. The number of benzene rings is 2. The molecule has 6 nitrogen and oxygen atoms in total. The van der Waals surface area contributed by atoms with E-state index >= 15 is 0 Å². The van der Waals surface area contributed by atoms with Crippen LogP contribution in [0.1, 0.15) is 100 Å². The van der Waals surface area contributed by atoms with E-state index in [0.29, 0.717) is 12.2 Å². The lowest BCUT2D eigenvalue weighted by Crippen LogP contribution is -2.46. The lowest BCUT2D eigenvalue weighted by Gasteiger charge is -2.41. The second-order valence-electron chi connectivity index (χ2n) is 20.4. The second kappa shape index (κ2) is 13.4. The fourth-order valence-electron chi connectivity index (χ4n) is 4.47. The Labute approximate surface area is 304 Å². The third kappa shape index (κ3) is 9.20. The Balaban J connectivity index is 2.17. The number of aliphatic hydroxyl groups is 1. The van der Waals surface area contributed by atoms with E-state index in [4.69, 9.17) is 22.4 Å². The van der Waals surface area contributed by atoms with E-state index in [-0.39, 0.29) is 20.2 Å². The maximum atomic E-state index is 11.8. The maximum Gasteiger partial charge on any atom is 0.250 e. The van der Waals surface area contributed by atoms with Crippen LogP contribution in [0.15, 0.2) is 30.3 Å². The van der Waals surface area contributed by atoms with Crippen LogP contribution >= 0.6 is 0 Å². The molecule has 10 heteroatoms. The van der Waals surface area contributed by atoms with Gasteiger partial charge >= 0.3 is 0 Å². The normalized spacial score (nSPS) is 18.4. The third-order valence-electron chi connectivity index (χ3n) is 12.1. The van der Waals surface area contributed by atoms with Gasteiger partial charge in [-0.1, -0.05) is 89.2 Å². The molecular weight excluding hydrogens is 677 g/mol. The van der Waals surface area contributed by atoms with Crippen LogP contribution in [0, 0.1) is 0 Å². The summed E-state index contributed by atoms with van der Waals surface area (Å²) in [6.07, 6.45) is -0.973. The van der Waals surface area contributed by atoms with E-state index in [0.717, 1.165) is 34.1 Å². The number of aliphatic hydroxyl groups excluding tert-OH is 1. The standard InChI is InChI=1S/C39H70O6Si4/c1-36(2,3)46(13,14)42-28-24-32-29(33(25-28)44-48(17,18)38(7,8)9)26-30(40)35(41-32)27-21-22-31(43-47(15,16)37(4,5)6)34(23-27)45-49(19,20)39(10,11)12/h21-25,30,35,40H,26H2,1-20H3/t30?,35-/m1/s1. The smallest absolute Gasteiger partial charge is 0.250 e. The molecule has 0 saturated carbocycles. The molecule has 2 aromatic carbocycles. The van der Waals surface area contributed by atoms with Crippen LogP contribution in [0.2, 0.25) is 72.5 Å². The van der Waals surface area contributed by atoms with Gasteiger partial charge in [-0.15, -0.1) is 0 Å². The molecule has 1 aliphatic rings. The molecule has 278 valence electrons. The van der Waals surface area contributed by atoms with Crippen molar-refractivity contribution < 1.29 is 27.5 Å². The minimum Gasteiger partial charge on any atom is -0.543 e. The molecule has 0 radical (unpaired) electrons. The van der Waals surface area contributed by atoms with Crippen LogP contribution in [0.25, 0.3) is 0 Å². The molecule has 1 aliphatic heterocycles. The van der Waals surface area contributed by atoms with E-state index in [1.165, 1.54) is 0 Å². The quantitative estimate of drug-likeness (QED) is 0.258. The monoisotopic (exact) mass is 746 g/mol. The Kier molecular flexibility index (Phi) is 11.4. The molecule has 0 saturated heterocycles. The molecular formula is C39H70O6Si4. The predicted molar refractivity (Wildman–Crippen MR) is 217 cm³/mol. The van der Waals surface area contributed by atoms with Crippen LogP contribution < -0.4 is 22.4 Å². The zero-order valence-corrected chi connectivity index (χ0v) is 38.7. The van der Waals surface area contributed by atoms with Crippen molar-refractivity contribution in [2.24, 2.45) is 0 Å². The average Bonchev–Trinajstić information content (AvgIpc) is 2.86. The summed E-state index contributed by atoms with van der Waals surface area (Å²) in [6, 6.07) is 10.1. The van der Waals surface area contributed by atoms with Gasteiger partial charge in [0.05, 0.1) is 6.10 Å². The first kappa shape index (κ1) is 41.7. The summed E-state index contributed by atoms with van der Waals surface area (Å²) < 4.78 is 34.4. The molecule has 2 atom stereocenters. The van der Waals surface area contributed by atoms with Crippen molar-refractivity contribution in [3.05, 3.63) is 41.5 Å². The number of hydrogen-bond acceptors (Lipinski definition) is 6. The van der Waals surface area contributed by atoms with Crippen molar-refractivity contribution in [2.45, 2.75) is 174 Å². The van der Waals surface area contributed by atoms with Gasteiger partial charge in [0.15, 0.2) is 0 Å². The topological polar surface area (TPSA) is 66.4 Å². The van der Waals surface area contributed by atoms with Crippen LogP contribution in [0.5, 0.6) is 28.7 Å². The van der Waals surface area contributed by atoms with Gasteiger partial charge in [-0.2, -0.15) is 0 Å². The van der Waals surface area contributed by atoms with E-state index in [2.05, 4.69) is 135 Å². The van der Waals surface area contributed by atoms with E-state index in [9.17, 15) is 5.11 Å². The van der Waals surface area contributed by atoms with Gasteiger partial charge in [-0.3, -0.25) is 0 Å². The van der Waals surface area contributed by atoms with Gasteiger partial charge in [0.25, 0.3) is 16.6 Å². The van der Waals surface area contributed by atoms with E-state index in [1.54, 1.807) is 0 Å². The molecule has 0 fully saturated rings. The van der Waals surface area contributed by atoms with Gasteiger partial charge in [0.2, 0.25) is 16.6 Å². The molecule has 3 rings (SSSR count). The Morgan fingerprint density at radius 2 is 0.959 bits per heavy atom. The van der Waals surface area contributed by atoms with Crippen LogP contribution in [0.3, 0.4) is 0 Å². The molecule has 0 bridgehead atoms. The average molecular weight is 747 g/mol. The van der Waals surface area contributed by atoms with Crippen molar-refractivity contribution >= 4 is 33.3 Å². The minimum absolute atomic E-state index is 0.00161. The molecule has 49 heavy (non-hydrogen) atoms. The van der Waals surface area contributed by atoms with Crippen molar-refractivity contribution in [2.75, 3.05) is 0 Å². The summed E-state index contributed by atoms with van der Waals surface area (Å²) in [5.74, 6) is 3.71. The van der Waals surface area contributed by atoms with Crippen LogP contribution in [0.4, 0.5) is 0 Å². The van der Waals surface area contributed by atoms with Gasteiger partial charge in [-0.25, -0.2) is 0 Å². The SMILES string of the molecule is CC(C)(C)[Si](C)(C)Oc1cc2c(c(O[Si](C)(C)C(C)(C)C)c1)CC(O)[C@@H](c1ccc(O[Si](C)(C)C(C)(C)C)c(O[Si](C)(C)C(C)(C)C)c1)O2. The van der Waals surface area contributed by atoms with Gasteiger partial charge in [-0.05, 0) is 90.2 Å². The summed E-state index contributed by atoms with van der Waals surface area (Å²) in [5, 5.41) is 11.8. The van der Waals surface area contributed by atoms with Gasteiger partial charge in [0, 0.05) is 24.1 Å². The summed E-state index contributed by atoms with van der Waals surface area (Å²) >= 11 is 0. The fourth-order valence-corrected chi connectivity index (χ4v) is 8.56. The first-order valence-corrected chi connectivity index (χ1v) is 29.7. The van der Waals surface area contributed by atoms with Crippen molar-refractivity contribution in [1.29, 1.82) is 0 Å². The largest absolute Gasteiger partial charge is 0.543 e. The highest BCUT2D eigenvalue weighted by Gasteiger charge is 2.45. The molecule has 0 aromatic heterocycles. The lowest BCUT2D eigenvalue weighted by atomic mass is 9.94. The number of hydrogen-bond donors (Lipinski definition) is 1. The third-order valence-corrected chi connectivity index (χ3v) is 29.5. The predicted octanol–water partition coefficient (Wildman–Crippen LogP) is 12.3. The molecule has 1 unspecified atom stereocenters. The zero-order chi connectivity index (χ0) is 38.0. The Hall–Kier alpha value is -1.73. The highest BCUT2D eigenvalue weighted by molar-refractivity contribution is 6.76. The number of rotatable bonds is 9. The lowest BCUT2D eigenvalue weighted by molar-refractivity contribution is 0.0200. The van der Waals surface area contributed by atoms with Crippen molar-refractivity contribution in [1.82, 2.24) is 0 Å². The highest BCUT2D eigenvalue weighted by Crippen LogP contribution is 2.49. The summed E-state index contributed by atoms with van der Waals surface area (Å²) in [4.78, 5) is 0. The summed E-state index contributed by atoms with van der Waals surface area (Å²) in [7, 11) is -8.77. The first-order valence-electron chi connectivity index (χ1n) is 18.1. The second-order valence-corrected chi connectivity index (χ2v) is 39.3. The first-order chi connectivity index (χ1) is 21.7. The Bertz CT molecular complexity index is 1490. The fraction of sp³-hybridized carbons (Fsp3) is 0.692. The minimum atomic E-state index is -2.23. The van der Waals surface area contributed by atoms with Crippen LogP contribution in [-0.4, -0.2) is 44.5 Å². The molecule has 1 heterocycles. The van der Waals surface area contributed by atoms with Gasteiger partial charge in [0.1, 0.15) is 34.9 Å². The molecule has 0 spiro atoms. The summed E-state index contributed by atoms with van der Waals surface area (Å²) in [6.45, 7) is 45.0. The Morgan fingerprint density at radius 3 is 1.41 bits per heavy atom. The zero-order valence-electron chi connectivity index (χ0n) is 34.7.